The Kier molecular flexibility index (Phi) is 8.30. The van der Waals surface area contributed by atoms with Crippen molar-refractivity contribution in [2.24, 2.45) is 7.05 Å². The van der Waals surface area contributed by atoms with Gasteiger partial charge < -0.3 is 20.4 Å². The zero-order chi connectivity index (χ0) is 28.4. The lowest BCUT2D eigenvalue weighted by molar-refractivity contribution is -0.291. The fraction of sp³-hybridized carbons (Fsp3) is 0.348. The third kappa shape index (κ3) is 5.88. The molecule has 0 atom stereocenters. The lowest BCUT2D eigenvalue weighted by Gasteiger charge is -2.21. The molecule has 0 radical (unpaired) electrons. The normalized spacial score (nSPS) is 14.3. The molecule has 0 spiro atoms. The van der Waals surface area contributed by atoms with E-state index < -0.39 is 41.9 Å². The van der Waals surface area contributed by atoms with Crippen molar-refractivity contribution in [1.29, 1.82) is 5.41 Å². The van der Waals surface area contributed by atoms with Crippen LogP contribution in [0.3, 0.4) is 0 Å². The van der Waals surface area contributed by atoms with Crippen LogP contribution in [0.4, 0.5) is 36.6 Å². The summed E-state index contributed by atoms with van der Waals surface area (Å²) in [6.45, 7) is -3.71. The molecule has 1 saturated carbocycles. The van der Waals surface area contributed by atoms with Gasteiger partial charge in [-0.3, -0.25) is 4.79 Å². The molecule has 1 fully saturated rings. The van der Waals surface area contributed by atoms with E-state index in [2.05, 4.69) is 21.1 Å². The van der Waals surface area contributed by atoms with Gasteiger partial charge in [-0.05, 0) is 30.5 Å². The maximum atomic E-state index is 14.0. The largest absolute Gasteiger partial charge is 0.459 e. The van der Waals surface area contributed by atoms with E-state index in [0.29, 0.717) is 4.68 Å². The molecule has 1 aliphatic carbocycles. The van der Waals surface area contributed by atoms with Gasteiger partial charge in [0.1, 0.15) is 0 Å². The minimum absolute atomic E-state index is 0.0287. The Hall–Kier alpha value is -3.73. The van der Waals surface area contributed by atoms with Gasteiger partial charge in [0.15, 0.2) is 17.3 Å². The molecule has 2 aromatic rings. The topological polar surface area (TPSA) is 83.2 Å². The molecule has 0 bridgehead atoms. The SMILES string of the molecule is C#CCN(C(=O)c1cc(/C(C=N)=C/Nc2c(OC(F)F)c(C(F)(F)C(F)(F)F)nn2C)ccc1Cl)C1CC1. The summed E-state index contributed by atoms with van der Waals surface area (Å²) in [6.07, 6.45) is 2.46. The predicted molar refractivity (Wildman–Crippen MR) is 125 cm³/mol. The second-order valence-corrected chi connectivity index (χ2v) is 8.46. The quantitative estimate of drug-likeness (QED) is 0.221. The number of anilines is 1. The number of carbonyl (C=O) groups is 1. The number of benzene rings is 1. The summed E-state index contributed by atoms with van der Waals surface area (Å²) < 4.78 is 96.9. The second kappa shape index (κ2) is 10.9. The number of halogens is 8. The number of alkyl halides is 7. The molecule has 1 amide bonds. The average Bonchev–Trinajstić information content (AvgIpc) is 3.62. The van der Waals surface area contributed by atoms with Crippen LogP contribution in [-0.2, 0) is 13.0 Å². The number of hydrogen-bond donors (Lipinski definition) is 2. The minimum Gasteiger partial charge on any atom is -0.429 e. The Morgan fingerprint density at radius 2 is 2.03 bits per heavy atom. The summed E-state index contributed by atoms with van der Waals surface area (Å²) in [7, 11) is 0.922. The van der Waals surface area contributed by atoms with E-state index in [4.69, 9.17) is 23.4 Å². The van der Waals surface area contributed by atoms with E-state index >= 15 is 0 Å². The molecule has 1 aromatic heterocycles. The van der Waals surface area contributed by atoms with Crippen LogP contribution in [0.5, 0.6) is 5.75 Å². The van der Waals surface area contributed by atoms with E-state index in [9.17, 15) is 35.5 Å². The van der Waals surface area contributed by atoms with Gasteiger partial charge in [-0.1, -0.05) is 23.6 Å². The Bertz CT molecular complexity index is 1300. The van der Waals surface area contributed by atoms with Crippen LogP contribution in [-0.4, -0.2) is 52.2 Å². The van der Waals surface area contributed by atoms with E-state index in [1.807, 2.05) is 0 Å². The smallest absolute Gasteiger partial charge is 0.429 e. The number of nitrogens with one attached hydrogen (secondary N) is 2. The van der Waals surface area contributed by atoms with Gasteiger partial charge in [-0.2, -0.15) is 35.8 Å². The molecular weight excluding hydrogens is 547 g/mol. The highest BCUT2D eigenvalue weighted by atomic mass is 35.5. The average molecular weight is 566 g/mol. The van der Waals surface area contributed by atoms with Gasteiger partial charge in [0.2, 0.25) is 0 Å². The second-order valence-electron chi connectivity index (χ2n) is 8.05. The summed E-state index contributed by atoms with van der Waals surface area (Å²) in [4.78, 5) is 14.5. The summed E-state index contributed by atoms with van der Waals surface area (Å²) in [5.74, 6) is -5.99. The van der Waals surface area contributed by atoms with Crippen LogP contribution in [0.25, 0.3) is 5.57 Å². The molecule has 7 nitrogen and oxygen atoms in total. The van der Waals surface area contributed by atoms with Crippen LogP contribution in [0.2, 0.25) is 5.02 Å². The van der Waals surface area contributed by atoms with E-state index in [1.165, 1.54) is 23.1 Å². The third-order valence-electron chi connectivity index (χ3n) is 5.42. The zero-order valence-electron chi connectivity index (χ0n) is 19.4. The number of allylic oxidation sites excluding steroid dienone is 1. The molecular formula is C23H19ClF7N5O2. The minimum atomic E-state index is -6.14. The van der Waals surface area contributed by atoms with Crippen molar-refractivity contribution < 1.29 is 40.3 Å². The Morgan fingerprint density at radius 3 is 2.55 bits per heavy atom. The van der Waals surface area contributed by atoms with Crippen LogP contribution in [0, 0.1) is 17.8 Å². The molecule has 0 unspecified atom stereocenters. The molecule has 38 heavy (non-hydrogen) atoms. The Labute approximate surface area is 216 Å². The fourth-order valence-corrected chi connectivity index (χ4v) is 3.63. The highest BCUT2D eigenvalue weighted by molar-refractivity contribution is 6.34. The molecule has 1 aromatic carbocycles. The fourth-order valence-electron chi connectivity index (χ4n) is 3.43. The van der Waals surface area contributed by atoms with E-state index in [-0.39, 0.29) is 34.3 Å². The number of rotatable bonds is 10. The first-order valence-electron chi connectivity index (χ1n) is 10.7. The number of carbonyl (C=O) groups excluding carboxylic acids is 1. The molecule has 15 heteroatoms. The third-order valence-corrected chi connectivity index (χ3v) is 5.75. The van der Waals surface area contributed by atoms with Crippen LogP contribution in [0.15, 0.2) is 24.4 Å². The maximum Gasteiger partial charge on any atom is 0.459 e. The van der Waals surface area contributed by atoms with Crippen molar-refractivity contribution in [3.05, 3.63) is 46.2 Å². The standard InChI is InChI=1S/C23H19ClF7N5O2/c1-3-8-36(14-5-6-14)20(37)15-9-12(4-7-16(15)24)13(10-32)11-33-19-17(38-21(25)26)18(34-35(19)2)22(27,28)23(29,30)31/h1,4,7,9-11,14,21,32-33H,5-6,8H2,2H3/b13-11+,32-10?. The maximum absolute atomic E-state index is 14.0. The van der Waals surface area contributed by atoms with Crippen molar-refractivity contribution >= 4 is 35.1 Å². The predicted octanol–water partition coefficient (Wildman–Crippen LogP) is 5.67. The Morgan fingerprint density at radius 1 is 1.37 bits per heavy atom. The van der Waals surface area contributed by atoms with Gasteiger partial charge in [-0.25, -0.2) is 4.68 Å². The number of aryl methyl sites for hydroxylation is 1. The summed E-state index contributed by atoms with van der Waals surface area (Å²) in [5, 5.41) is 13.1. The van der Waals surface area contributed by atoms with Crippen molar-refractivity contribution in [2.45, 2.75) is 37.6 Å². The van der Waals surface area contributed by atoms with Crippen molar-refractivity contribution in [3.8, 4) is 18.1 Å². The van der Waals surface area contributed by atoms with Gasteiger partial charge in [0, 0.05) is 31.1 Å². The molecule has 0 saturated heterocycles. The molecule has 1 aliphatic rings. The first-order chi connectivity index (χ1) is 17.7. The lowest BCUT2D eigenvalue weighted by Crippen LogP contribution is -2.34. The number of terminal acetylenes is 1. The van der Waals surface area contributed by atoms with Gasteiger partial charge in [0.05, 0.1) is 17.1 Å². The van der Waals surface area contributed by atoms with Crippen molar-refractivity contribution in [1.82, 2.24) is 14.7 Å². The highest BCUT2D eigenvalue weighted by Crippen LogP contribution is 2.49. The first kappa shape index (κ1) is 28.8. The first-order valence-corrected chi connectivity index (χ1v) is 11.1. The Balaban J connectivity index is 2.00. The van der Waals surface area contributed by atoms with Gasteiger partial charge in [-0.15, -0.1) is 6.42 Å². The van der Waals surface area contributed by atoms with Crippen molar-refractivity contribution in [3.63, 3.8) is 0 Å². The van der Waals surface area contributed by atoms with Gasteiger partial charge in [0.25, 0.3) is 5.91 Å². The van der Waals surface area contributed by atoms with Crippen LogP contribution in [0.1, 0.15) is 34.5 Å². The summed E-state index contributed by atoms with van der Waals surface area (Å²) >= 11 is 6.20. The molecule has 2 N–H and O–H groups in total. The van der Waals surface area contributed by atoms with Crippen LogP contribution >= 0.6 is 11.6 Å². The van der Waals surface area contributed by atoms with E-state index in [0.717, 1.165) is 32.3 Å². The number of ether oxygens (including phenoxy) is 1. The monoisotopic (exact) mass is 565 g/mol. The molecule has 204 valence electrons. The summed E-state index contributed by atoms with van der Waals surface area (Å²) in [5.41, 5.74) is -1.85. The number of aromatic nitrogens is 2. The van der Waals surface area contributed by atoms with Crippen LogP contribution < -0.4 is 10.1 Å². The molecule has 3 rings (SSSR count). The highest BCUT2D eigenvalue weighted by Gasteiger charge is 2.62. The number of hydrogen-bond acceptors (Lipinski definition) is 5. The number of nitrogens with zero attached hydrogens (tertiary/aromatic N) is 3. The van der Waals surface area contributed by atoms with E-state index in [1.54, 1.807) is 0 Å². The lowest BCUT2D eigenvalue weighted by atomic mass is 10.0. The summed E-state index contributed by atoms with van der Waals surface area (Å²) in [6, 6.07) is 4.06. The molecule has 1 heterocycles. The van der Waals surface area contributed by atoms with Crippen molar-refractivity contribution in [2.75, 3.05) is 11.9 Å². The number of amides is 1. The van der Waals surface area contributed by atoms with Gasteiger partial charge >= 0.3 is 18.7 Å². The zero-order valence-corrected chi connectivity index (χ0v) is 20.2. The molecule has 0 aliphatic heterocycles.